The second-order valence-corrected chi connectivity index (χ2v) is 16.3. The van der Waals surface area contributed by atoms with Crippen molar-refractivity contribution in [2.24, 2.45) is 11.8 Å². The number of rotatable bonds is 39. The maximum absolute atomic E-state index is 12.6. The zero-order chi connectivity index (χ0) is 37.6. The number of carbonyl (C=O) groups excluding carboxylic acids is 3. The fourth-order valence-corrected chi connectivity index (χ4v) is 6.58. The molecule has 0 unspecified atom stereocenters. The van der Waals surface area contributed by atoms with Gasteiger partial charge in [0, 0.05) is 19.3 Å². The van der Waals surface area contributed by atoms with E-state index < -0.39 is 6.10 Å². The van der Waals surface area contributed by atoms with Gasteiger partial charge >= 0.3 is 17.9 Å². The number of esters is 3. The van der Waals surface area contributed by atoms with Gasteiger partial charge in [-0.3, -0.25) is 14.4 Å². The number of hydrogen-bond donors (Lipinski definition) is 0. The first-order valence-electron chi connectivity index (χ1n) is 22.2. The minimum atomic E-state index is -0.760. The van der Waals surface area contributed by atoms with Crippen LogP contribution in [0.25, 0.3) is 0 Å². The molecule has 0 aromatic carbocycles. The van der Waals surface area contributed by atoms with Gasteiger partial charge in [-0.05, 0) is 31.1 Å². The summed E-state index contributed by atoms with van der Waals surface area (Å²) in [5, 5.41) is 0. The Bertz CT molecular complexity index is 779. The summed E-state index contributed by atoms with van der Waals surface area (Å²) in [7, 11) is 0. The van der Waals surface area contributed by atoms with Gasteiger partial charge in [0.1, 0.15) is 13.2 Å². The molecule has 0 radical (unpaired) electrons. The lowest BCUT2D eigenvalue weighted by atomic mass is 10.0. The van der Waals surface area contributed by atoms with Crippen molar-refractivity contribution in [3.05, 3.63) is 0 Å². The van der Waals surface area contributed by atoms with E-state index in [1.165, 1.54) is 128 Å². The third-order valence-electron chi connectivity index (χ3n) is 9.97. The van der Waals surface area contributed by atoms with Crippen molar-refractivity contribution >= 4 is 17.9 Å². The van der Waals surface area contributed by atoms with E-state index in [9.17, 15) is 14.4 Å². The van der Waals surface area contributed by atoms with Crippen LogP contribution in [-0.4, -0.2) is 37.2 Å². The van der Waals surface area contributed by atoms with E-state index in [0.717, 1.165) is 69.6 Å². The van der Waals surface area contributed by atoms with Crippen molar-refractivity contribution in [3.8, 4) is 0 Å². The Labute approximate surface area is 317 Å². The smallest absolute Gasteiger partial charge is 0.306 e. The third kappa shape index (κ3) is 39.5. The van der Waals surface area contributed by atoms with E-state index in [1.807, 2.05) is 0 Å². The number of carbonyl (C=O) groups is 3. The van der Waals surface area contributed by atoms with Crippen LogP contribution in [0.1, 0.15) is 240 Å². The lowest BCUT2D eigenvalue weighted by Gasteiger charge is -2.18. The Hall–Kier alpha value is -1.59. The van der Waals surface area contributed by atoms with Gasteiger partial charge in [0.15, 0.2) is 6.10 Å². The summed E-state index contributed by atoms with van der Waals surface area (Å²) in [6.45, 7) is 11.2. The Morgan fingerprint density at radius 3 is 0.961 bits per heavy atom. The van der Waals surface area contributed by atoms with Gasteiger partial charge in [-0.1, -0.05) is 202 Å². The highest BCUT2D eigenvalue weighted by atomic mass is 16.6. The molecule has 0 fully saturated rings. The molecule has 302 valence electrons. The van der Waals surface area contributed by atoms with Crippen LogP contribution in [0.2, 0.25) is 0 Å². The summed E-state index contributed by atoms with van der Waals surface area (Å²) in [5.74, 6) is 0.721. The van der Waals surface area contributed by atoms with Crippen LogP contribution >= 0.6 is 0 Å². The first-order chi connectivity index (χ1) is 24.7. The minimum Gasteiger partial charge on any atom is -0.462 e. The molecule has 0 N–H and O–H groups in total. The van der Waals surface area contributed by atoms with E-state index in [-0.39, 0.29) is 31.1 Å². The second kappa shape index (κ2) is 38.1. The summed E-state index contributed by atoms with van der Waals surface area (Å²) in [6, 6.07) is 0. The van der Waals surface area contributed by atoms with Crippen molar-refractivity contribution in [1.29, 1.82) is 0 Å². The molecule has 6 nitrogen and oxygen atoms in total. The van der Waals surface area contributed by atoms with Gasteiger partial charge in [-0.2, -0.15) is 0 Å². The average Bonchev–Trinajstić information content (AvgIpc) is 3.09. The number of hydrogen-bond acceptors (Lipinski definition) is 6. The third-order valence-corrected chi connectivity index (χ3v) is 9.97. The molecule has 0 saturated carbocycles. The first kappa shape index (κ1) is 49.4. The van der Waals surface area contributed by atoms with Gasteiger partial charge in [0.2, 0.25) is 0 Å². The SMILES string of the molecule is CCCCCCCCCCCCC(=O)OC[C@H](COC(=O)CCCCCCCCCCCCCC(C)C)OC(=O)CCCCCCCCC(C)C. The highest BCUT2D eigenvalue weighted by Gasteiger charge is 2.19. The van der Waals surface area contributed by atoms with Crippen LogP contribution in [0.3, 0.4) is 0 Å². The zero-order valence-corrected chi connectivity index (χ0v) is 34.7. The van der Waals surface area contributed by atoms with Crippen molar-refractivity contribution in [3.63, 3.8) is 0 Å². The molecule has 0 amide bonds. The van der Waals surface area contributed by atoms with E-state index >= 15 is 0 Å². The summed E-state index contributed by atoms with van der Waals surface area (Å²) >= 11 is 0. The van der Waals surface area contributed by atoms with Crippen molar-refractivity contribution in [2.45, 2.75) is 246 Å². The van der Waals surface area contributed by atoms with Crippen LogP contribution in [0.5, 0.6) is 0 Å². The number of unbranched alkanes of at least 4 members (excludes halogenated alkanes) is 24. The molecule has 1 atom stereocenters. The normalized spacial score (nSPS) is 12.1. The Morgan fingerprint density at radius 1 is 0.373 bits per heavy atom. The van der Waals surface area contributed by atoms with E-state index in [0.29, 0.717) is 19.3 Å². The quantitative estimate of drug-likeness (QED) is 0.0357. The molecule has 0 aromatic rings. The molecule has 0 aliphatic rings. The highest BCUT2D eigenvalue weighted by Crippen LogP contribution is 2.16. The maximum atomic E-state index is 12.6. The molecule has 0 aromatic heterocycles. The summed E-state index contributed by atoms with van der Waals surface area (Å²) in [6.07, 6.45) is 35.3. The van der Waals surface area contributed by atoms with Crippen LogP contribution in [0.4, 0.5) is 0 Å². The lowest BCUT2D eigenvalue weighted by Crippen LogP contribution is -2.30. The second-order valence-electron chi connectivity index (χ2n) is 16.3. The molecule has 0 aliphatic heterocycles. The summed E-state index contributed by atoms with van der Waals surface area (Å²) in [4.78, 5) is 37.6. The van der Waals surface area contributed by atoms with E-state index in [4.69, 9.17) is 14.2 Å². The first-order valence-corrected chi connectivity index (χ1v) is 22.2. The minimum absolute atomic E-state index is 0.0660. The van der Waals surface area contributed by atoms with Crippen LogP contribution in [0, 0.1) is 11.8 Å². The van der Waals surface area contributed by atoms with Gasteiger partial charge in [0.05, 0.1) is 0 Å². The average molecular weight is 723 g/mol. The zero-order valence-electron chi connectivity index (χ0n) is 34.7. The van der Waals surface area contributed by atoms with E-state index in [2.05, 4.69) is 34.6 Å². The molecule has 0 heterocycles. The van der Waals surface area contributed by atoms with Crippen LogP contribution < -0.4 is 0 Å². The Morgan fingerprint density at radius 2 is 0.647 bits per heavy atom. The maximum Gasteiger partial charge on any atom is 0.306 e. The molecule has 6 heteroatoms. The summed E-state index contributed by atoms with van der Waals surface area (Å²) < 4.78 is 16.7. The molecule has 51 heavy (non-hydrogen) atoms. The highest BCUT2D eigenvalue weighted by molar-refractivity contribution is 5.71. The van der Waals surface area contributed by atoms with Crippen molar-refractivity contribution < 1.29 is 28.6 Å². The van der Waals surface area contributed by atoms with Crippen LogP contribution in [-0.2, 0) is 28.6 Å². The molecule has 0 saturated heterocycles. The summed E-state index contributed by atoms with van der Waals surface area (Å²) in [5.41, 5.74) is 0. The molecule has 0 rings (SSSR count). The fraction of sp³-hybridized carbons (Fsp3) is 0.933. The standard InChI is InChI=1S/C45H86O6/c1-6-7-8-9-10-11-16-19-25-30-35-43(46)49-38-42(51-45(48)37-32-27-22-21-24-29-34-41(4)5)39-50-44(47)36-31-26-20-17-14-12-13-15-18-23-28-33-40(2)3/h40-42H,6-39H2,1-5H3/t42-/m1/s1. The van der Waals surface area contributed by atoms with Gasteiger partial charge in [-0.25, -0.2) is 0 Å². The molecule has 0 aliphatic carbocycles. The Kier molecular flexibility index (Phi) is 37.0. The van der Waals surface area contributed by atoms with Gasteiger partial charge in [-0.15, -0.1) is 0 Å². The van der Waals surface area contributed by atoms with Gasteiger partial charge in [0.25, 0.3) is 0 Å². The molecule has 0 spiro atoms. The van der Waals surface area contributed by atoms with E-state index in [1.54, 1.807) is 0 Å². The fourth-order valence-electron chi connectivity index (χ4n) is 6.58. The molecular formula is C45H86O6. The molecular weight excluding hydrogens is 636 g/mol. The monoisotopic (exact) mass is 723 g/mol. The lowest BCUT2D eigenvalue weighted by molar-refractivity contribution is -0.167. The van der Waals surface area contributed by atoms with Gasteiger partial charge < -0.3 is 14.2 Å². The van der Waals surface area contributed by atoms with Crippen LogP contribution in [0.15, 0.2) is 0 Å². The predicted molar refractivity (Wildman–Crippen MR) is 215 cm³/mol. The van der Waals surface area contributed by atoms with Crippen molar-refractivity contribution in [1.82, 2.24) is 0 Å². The molecule has 0 bridgehead atoms. The Balaban J connectivity index is 4.30. The largest absolute Gasteiger partial charge is 0.462 e. The predicted octanol–water partition coefficient (Wildman–Crippen LogP) is 13.8. The van der Waals surface area contributed by atoms with Crippen molar-refractivity contribution in [2.75, 3.05) is 13.2 Å². The topological polar surface area (TPSA) is 78.9 Å². The number of ether oxygens (including phenoxy) is 3.